The zero-order valence-corrected chi connectivity index (χ0v) is 23.8. The number of hydrogen-bond acceptors (Lipinski definition) is 5. The van der Waals surface area contributed by atoms with Crippen molar-refractivity contribution in [1.29, 1.82) is 0 Å². The van der Waals surface area contributed by atoms with E-state index in [-0.39, 0.29) is 11.6 Å². The fraction of sp³-hybridized carbons (Fsp3) is 0.367. The average molecular weight is 527 g/mol. The van der Waals surface area contributed by atoms with Gasteiger partial charge in [-0.2, -0.15) is 0 Å². The molecule has 0 aliphatic rings. The third kappa shape index (κ3) is 8.05. The summed E-state index contributed by atoms with van der Waals surface area (Å²) in [7, 11) is 0. The highest BCUT2D eigenvalue weighted by molar-refractivity contribution is 6.31. The van der Waals surface area contributed by atoms with Crippen LogP contribution < -0.4 is 5.73 Å². The summed E-state index contributed by atoms with van der Waals surface area (Å²) in [5.74, 6) is -0.628. The number of rotatable bonds is 13. The molecule has 1 aromatic carbocycles. The highest BCUT2D eigenvalue weighted by atomic mass is 35.5. The number of carboxylic acids is 1. The number of halogens is 1. The maximum Gasteiger partial charge on any atom is 0.309 e. The molecule has 1 aromatic rings. The van der Waals surface area contributed by atoms with Crippen LogP contribution in [0.15, 0.2) is 77.5 Å². The Bertz CT molecular complexity index is 1200. The van der Waals surface area contributed by atoms with Crippen molar-refractivity contribution >= 4 is 35.1 Å². The average Bonchev–Trinajstić information content (AvgIpc) is 2.80. The molecule has 1 rings (SSSR count). The van der Waals surface area contributed by atoms with Crippen LogP contribution in [0.5, 0.6) is 0 Å². The Morgan fingerprint density at radius 3 is 2.27 bits per heavy atom. The first kappa shape index (κ1) is 31.6. The van der Waals surface area contributed by atoms with Gasteiger partial charge in [-0.1, -0.05) is 37.4 Å². The van der Waals surface area contributed by atoms with Crippen molar-refractivity contribution in [2.75, 3.05) is 0 Å². The minimum Gasteiger partial charge on any atom is -0.481 e. The van der Waals surface area contributed by atoms with Gasteiger partial charge >= 0.3 is 5.97 Å². The van der Waals surface area contributed by atoms with Gasteiger partial charge in [-0.15, -0.1) is 0 Å². The van der Waals surface area contributed by atoms with Crippen molar-refractivity contribution in [3.8, 4) is 0 Å². The van der Waals surface area contributed by atoms with E-state index in [4.69, 9.17) is 22.1 Å². The van der Waals surface area contributed by atoms with Gasteiger partial charge in [-0.25, -0.2) is 4.99 Å². The van der Waals surface area contributed by atoms with Crippen molar-refractivity contribution in [3.63, 3.8) is 0 Å². The Hall–Kier alpha value is -3.38. The van der Waals surface area contributed by atoms with Gasteiger partial charge in [0.25, 0.3) is 0 Å². The quantitative estimate of drug-likeness (QED) is 0.121. The molecule has 0 saturated carbocycles. The number of nitrogens with two attached hydrogens (primary N) is 1. The van der Waals surface area contributed by atoms with Gasteiger partial charge in [-0.05, 0) is 101 Å². The largest absolute Gasteiger partial charge is 0.481 e. The van der Waals surface area contributed by atoms with E-state index in [1.807, 2.05) is 26.0 Å². The maximum absolute atomic E-state index is 12.4. The van der Waals surface area contributed by atoms with E-state index in [1.54, 1.807) is 40.7 Å². The van der Waals surface area contributed by atoms with E-state index in [9.17, 15) is 14.7 Å². The molecule has 1 atom stereocenters. The van der Waals surface area contributed by atoms with Crippen LogP contribution in [0.1, 0.15) is 65.5 Å². The molecule has 0 radical (unpaired) electrons. The maximum atomic E-state index is 12.4. The summed E-state index contributed by atoms with van der Waals surface area (Å²) in [4.78, 5) is 28.3. The van der Waals surface area contributed by atoms with Crippen molar-refractivity contribution in [1.82, 2.24) is 0 Å². The molecule has 1 unspecified atom stereocenters. The fourth-order valence-corrected chi connectivity index (χ4v) is 3.85. The Morgan fingerprint density at radius 2 is 1.78 bits per heavy atom. The predicted molar refractivity (Wildman–Crippen MR) is 153 cm³/mol. The number of carboxylic acid groups (broad SMARTS) is 1. The Balaban J connectivity index is 3.31. The minimum absolute atomic E-state index is 0.0982. The molecule has 0 aliphatic heterocycles. The summed E-state index contributed by atoms with van der Waals surface area (Å²) in [6.07, 6.45) is 3.12. The SMILES string of the molecule is C=C(C)/C(=C(/N)N=C(C)C(=C)c1ccc(Cl)cc1C)C(C)(C=O)C(=C)O/C=C(\C)CCC(C)(C)C(=O)O. The van der Waals surface area contributed by atoms with Crippen molar-refractivity contribution in [3.05, 3.63) is 88.6 Å². The molecule has 0 aromatic heterocycles. The fourth-order valence-electron chi connectivity index (χ4n) is 3.63. The Labute approximate surface area is 226 Å². The summed E-state index contributed by atoms with van der Waals surface area (Å²) in [6.45, 7) is 24.4. The van der Waals surface area contributed by atoms with Gasteiger partial charge < -0.3 is 20.4 Å². The molecule has 0 heterocycles. The lowest BCUT2D eigenvalue weighted by atomic mass is 9.78. The number of carbonyl (C=O) groups excluding carboxylic acids is 1. The van der Waals surface area contributed by atoms with Gasteiger partial charge in [0.15, 0.2) is 0 Å². The van der Waals surface area contributed by atoms with Gasteiger partial charge in [0.2, 0.25) is 0 Å². The monoisotopic (exact) mass is 526 g/mol. The second-order valence-electron chi connectivity index (χ2n) is 10.2. The lowest BCUT2D eigenvalue weighted by Gasteiger charge is -2.29. The highest BCUT2D eigenvalue weighted by Gasteiger charge is 2.36. The molecule has 0 saturated heterocycles. The molecular formula is C30H39ClN2O4. The summed E-state index contributed by atoms with van der Waals surface area (Å²) in [6, 6.07) is 5.50. The number of hydrogen-bond donors (Lipinski definition) is 2. The van der Waals surface area contributed by atoms with Crippen LogP contribution in [-0.2, 0) is 14.3 Å². The number of carbonyl (C=O) groups is 2. The summed E-state index contributed by atoms with van der Waals surface area (Å²) >= 11 is 6.07. The first-order valence-corrected chi connectivity index (χ1v) is 12.2. The third-order valence-corrected chi connectivity index (χ3v) is 6.62. The van der Waals surface area contributed by atoms with Crippen molar-refractivity contribution < 1.29 is 19.4 Å². The van der Waals surface area contributed by atoms with Crippen LogP contribution in [-0.4, -0.2) is 23.1 Å². The van der Waals surface area contributed by atoms with Gasteiger partial charge in [0.05, 0.1) is 11.7 Å². The van der Waals surface area contributed by atoms with E-state index in [1.165, 1.54) is 6.26 Å². The van der Waals surface area contributed by atoms with Crippen molar-refractivity contribution in [2.24, 2.45) is 21.6 Å². The second kappa shape index (κ2) is 12.7. The molecule has 200 valence electrons. The number of aldehydes is 1. The number of aliphatic carboxylic acids is 1. The van der Waals surface area contributed by atoms with Crippen LogP contribution in [0.2, 0.25) is 5.02 Å². The number of allylic oxidation sites excluding steroid dienone is 4. The van der Waals surface area contributed by atoms with Crippen LogP contribution in [0.3, 0.4) is 0 Å². The van der Waals surface area contributed by atoms with Gasteiger partial charge in [0, 0.05) is 16.3 Å². The molecular weight excluding hydrogens is 488 g/mol. The number of aryl methyl sites for hydroxylation is 1. The molecule has 0 aliphatic carbocycles. The molecule has 0 bridgehead atoms. The zero-order valence-electron chi connectivity index (χ0n) is 23.0. The molecule has 0 spiro atoms. The van der Waals surface area contributed by atoms with Gasteiger partial charge in [-0.3, -0.25) is 4.79 Å². The Morgan fingerprint density at radius 1 is 1.19 bits per heavy atom. The first-order chi connectivity index (χ1) is 17.0. The van der Waals surface area contributed by atoms with E-state index < -0.39 is 16.8 Å². The number of benzene rings is 1. The molecule has 3 N–H and O–H groups in total. The molecule has 0 amide bonds. The molecule has 37 heavy (non-hydrogen) atoms. The zero-order chi connectivity index (χ0) is 28.7. The van der Waals surface area contributed by atoms with E-state index in [2.05, 4.69) is 24.7 Å². The summed E-state index contributed by atoms with van der Waals surface area (Å²) in [5, 5.41) is 9.94. The normalized spacial score (nSPS) is 14.8. The lowest BCUT2D eigenvalue weighted by molar-refractivity contribution is -0.147. The summed E-state index contributed by atoms with van der Waals surface area (Å²) < 4.78 is 5.77. The second-order valence-corrected chi connectivity index (χ2v) is 10.6. The van der Waals surface area contributed by atoms with E-state index >= 15 is 0 Å². The highest BCUT2D eigenvalue weighted by Crippen LogP contribution is 2.39. The van der Waals surface area contributed by atoms with Crippen LogP contribution >= 0.6 is 11.6 Å². The molecule has 0 fully saturated rings. The van der Waals surface area contributed by atoms with E-state index in [0.29, 0.717) is 46.6 Å². The standard InChI is InChI=1S/C30H39ClN2O4/c1-18(2)26(27(32)33-22(6)21(5)25-12-11-24(31)15-20(25)4)30(10,17-34)23(7)37-16-19(3)13-14-29(8,9)28(35)36/h11-12,15-17H,1,5,7,13-14,32H2,2-4,6,8-10H3,(H,35,36)/b19-16+,27-26+,33-22?. The number of aliphatic imine (C=N–C) groups is 1. The summed E-state index contributed by atoms with van der Waals surface area (Å²) in [5.41, 5.74) is 9.01. The topological polar surface area (TPSA) is 102 Å². The smallest absolute Gasteiger partial charge is 0.309 e. The van der Waals surface area contributed by atoms with Crippen LogP contribution in [0.4, 0.5) is 0 Å². The first-order valence-electron chi connectivity index (χ1n) is 11.9. The Kier molecular flexibility index (Phi) is 10.9. The van der Waals surface area contributed by atoms with E-state index in [0.717, 1.165) is 16.7 Å². The number of nitrogens with zero attached hydrogens (tertiary/aromatic N) is 1. The van der Waals surface area contributed by atoms with Crippen LogP contribution in [0, 0.1) is 17.8 Å². The van der Waals surface area contributed by atoms with Gasteiger partial charge in [0.1, 0.15) is 23.3 Å². The lowest BCUT2D eigenvalue weighted by Crippen LogP contribution is -2.28. The number of ether oxygens (including phenoxy) is 1. The predicted octanol–water partition coefficient (Wildman–Crippen LogP) is 7.40. The molecule has 6 nitrogen and oxygen atoms in total. The minimum atomic E-state index is -1.34. The van der Waals surface area contributed by atoms with Crippen LogP contribution in [0.25, 0.3) is 5.57 Å². The molecule has 7 heteroatoms. The third-order valence-electron chi connectivity index (χ3n) is 6.38. The van der Waals surface area contributed by atoms with Crippen molar-refractivity contribution in [2.45, 2.75) is 61.3 Å².